The highest BCUT2D eigenvalue weighted by molar-refractivity contribution is 4.94. The van der Waals surface area contributed by atoms with E-state index in [0.717, 1.165) is 6.04 Å². The Bertz CT molecular complexity index is 301. The Morgan fingerprint density at radius 1 is 1.05 bits per heavy atom. The van der Waals surface area contributed by atoms with E-state index in [0.29, 0.717) is 11.6 Å². The molecule has 2 aliphatic rings. The van der Waals surface area contributed by atoms with Crippen molar-refractivity contribution < 1.29 is 0 Å². The van der Waals surface area contributed by atoms with Gasteiger partial charge in [0.05, 0.1) is 0 Å². The minimum Gasteiger partial charge on any atom is -0.312 e. The maximum absolute atomic E-state index is 3.87. The Kier molecular flexibility index (Phi) is 6.51. The lowest BCUT2D eigenvalue weighted by atomic mass is 9.88. The highest BCUT2D eigenvalue weighted by Crippen LogP contribution is 2.27. The number of nitrogens with zero attached hydrogens (tertiary/aromatic N) is 2. The molecule has 2 rings (SSSR count). The van der Waals surface area contributed by atoms with Gasteiger partial charge >= 0.3 is 0 Å². The number of likely N-dealkylation sites (N-methyl/N-ethyl adjacent to an activating group) is 1. The summed E-state index contributed by atoms with van der Waals surface area (Å²) in [5.74, 6) is 0. The molecule has 0 amide bonds. The van der Waals surface area contributed by atoms with Crippen LogP contribution in [0.25, 0.3) is 0 Å². The van der Waals surface area contributed by atoms with Gasteiger partial charge < -0.3 is 5.32 Å². The van der Waals surface area contributed by atoms with Gasteiger partial charge in [0.25, 0.3) is 0 Å². The van der Waals surface area contributed by atoms with Gasteiger partial charge in [0.1, 0.15) is 0 Å². The zero-order valence-corrected chi connectivity index (χ0v) is 14.8. The molecular formula is C18H37N3. The zero-order chi connectivity index (χ0) is 15.3. The second kappa shape index (κ2) is 7.94. The maximum Gasteiger partial charge on any atom is 0.0277 e. The van der Waals surface area contributed by atoms with Crippen molar-refractivity contribution in [3.63, 3.8) is 0 Å². The van der Waals surface area contributed by atoms with Crippen LogP contribution in [0.15, 0.2) is 0 Å². The minimum absolute atomic E-state index is 0.315. The molecule has 0 bridgehead atoms. The van der Waals surface area contributed by atoms with Gasteiger partial charge in [-0.25, -0.2) is 0 Å². The SMILES string of the molecule is CCCNC1CCCCCCC1N1CCN(C)C(C)(C)C1. The fourth-order valence-electron chi connectivity index (χ4n) is 4.03. The van der Waals surface area contributed by atoms with E-state index in [4.69, 9.17) is 0 Å². The third kappa shape index (κ3) is 4.67. The first kappa shape index (κ1) is 17.2. The summed E-state index contributed by atoms with van der Waals surface area (Å²) >= 11 is 0. The summed E-state index contributed by atoms with van der Waals surface area (Å²) in [5, 5.41) is 3.87. The number of piperazine rings is 1. The van der Waals surface area contributed by atoms with Gasteiger partial charge in [-0.05, 0) is 46.7 Å². The largest absolute Gasteiger partial charge is 0.312 e. The quantitative estimate of drug-likeness (QED) is 0.860. The van der Waals surface area contributed by atoms with Crippen LogP contribution in [0.4, 0.5) is 0 Å². The fraction of sp³-hybridized carbons (Fsp3) is 1.00. The Hall–Kier alpha value is -0.120. The molecule has 124 valence electrons. The summed E-state index contributed by atoms with van der Waals surface area (Å²) in [4.78, 5) is 5.33. The van der Waals surface area contributed by atoms with Crippen molar-refractivity contribution in [3.05, 3.63) is 0 Å². The molecule has 1 saturated heterocycles. The summed E-state index contributed by atoms with van der Waals surface area (Å²) in [5.41, 5.74) is 0.315. The van der Waals surface area contributed by atoms with Crippen LogP contribution in [0.3, 0.4) is 0 Å². The molecule has 0 aromatic heterocycles. The molecule has 0 spiro atoms. The van der Waals surface area contributed by atoms with Crippen LogP contribution in [0, 0.1) is 0 Å². The first-order valence-electron chi connectivity index (χ1n) is 9.23. The molecule has 1 saturated carbocycles. The Balaban J connectivity index is 2.03. The van der Waals surface area contributed by atoms with Crippen molar-refractivity contribution in [1.82, 2.24) is 15.1 Å². The van der Waals surface area contributed by atoms with Crippen LogP contribution in [-0.4, -0.2) is 60.6 Å². The van der Waals surface area contributed by atoms with Crippen LogP contribution in [0.1, 0.15) is 65.7 Å². The molecular weight excluding hydrogens is 258 g/mol. The molecule has 2 fully saturated rings. The first-order chi connectivity index (χ1) is 10.0. The smallest absolute Gasteiger partial charge is 0.0277 e. The first-order valence-corrected chi connectivity index (χ1v) is 9.23. The molecule has 3 heteroatoms. The van der Waals surface area contributed by atoms with Gasteiger partial charge in [0.2, 0.25) is 0 Å². The summed E-state index contributed by atoms with van der Waals surface area (Å²) < 4.78 is 0. The van der Waals surface area contributed by atoms with Crippen molar-refractivity contribution in [2.45, 2.75) is 83.3 Å². The molecule has 0 radical (unpaired) electrons. The molecule has 2 unspecified atom stereocenters. The van der Waals surface area contributed by atoms with E-state index < -0.39 is 0 Å². The number of nitrogens with one attached hydrogen (secondary N) is 1. The predicted octanol–water partition coefficient (Wildman–Crippen LogP) is 3.10. The van der Waals surface area contributed by atoms with Gasteiger partial charge in [-0.15, -0.1) is 0 Å². The van der Waals surface area contributed by atoms with E-state index in [1.54, 1.807) is 0 Å². The van der Waals surface area contributed by atoms with Crippen LogP contribution in [0.2, 0.25) is 0 Å². The van der Waals surface area contributed by atoms with Crippen molar-refractivity contribution in [2.24, 2.45) is 0 Å². The lowest BCUT2D eigenvalue weighted by Gasteiger charge is -2.50. The lowest BCUT2D eigenvalue weighted by molar-refractivity contribution is 0.00208. The Labute approximate surface area is 132 Å². The molecule has 1 aliphatic carbocycles. The van der Waals surface area contributed by atoms with E-state index in [9.17, 15) is 0 Å². The van der Waals surface area contributed by atoms with Gasteiger partial charge in [0.15, 0.2) is 0 Å². The molecule has 21 heavy (non-hydrogen) atoms. The Morgan fingerprint density at radius 3 is 2.43 bits per heavy atom. The summed E-state index contributed by atoms with van der Waals surface area (Å²) in [6, 6.07) is 1.47. The topological polar surface area (TPSA) is 18.5 Å². The third-order valence-corrected chi connectivity index (χ3v) is 5.70. The van der Waals surface area contributed by atoms with Crippen molar-refractivity contribution in [1.29, 1.82) is 0 Å². The molecule has 2 atom stereocenters. The van der Waals surface area contributed by atoms with Gasteiger partial charge in [0, 0.05) is 37.3 Å². The van der Waals surface area contributed by atoms with Crippen molar-refractivity contribution in [3.8, 4) is 0 Å². The molecule has 0 aromatic rings. The highest BCUT2D eigenvalue weighted by atomic mass is 15.3. The molecule has 0 aromatic carbocycles. The van der Waals surface area contributed by atoms with E-state index in [1.165, 1.54) is 71.1 Å². The maximum atomic E-state index is 3.87. The molecule has 1 N–H and O–H groups in total. The standard InChI is InChI=1S/C18H37N3/c1-5-12-19-16-10-8-6-7-9-11-17(16)21-14-13-20(4)18(2,3)15-21/h16-17,19H,5-15H2,1-4H3. The van der Waals surface area contributed by atoms with Crippen LogP contribution in [0.5, 0.6) is 0 Å². The monoisotopic (exact) mass is 295 g/mol. The predicted molar refractivity (Wildman–Crippen MR) is 91.9 cm³/mol. The molecule has 1 heterocycles. The van der Waals surface area contributed by atoms with E-state index in [1.807, 2.05) is 0 Å². The normalized spacial score (nSPS) is 32.6. The van der Waals surface area contributed by atoms with E-state index in [2.05, 4.69) is 42.9 Å². The lowest BCUT2D eigenvalue weighted by Crippen LogP contribution is -2.63. The third-order valence-electron chi connectivity index (χ3n) is 5.70. The zero-order valence-electron chi connectivity index (χ0n) is 14.8. The summed E-state index contributed by atoms with van der Waals surface area (Å²) in [7, 11) is 2.28. The van der Waals surface area contributed by atoms with Crippen LogP contribution < -0.4 is 5.32 Å². The minimum atomic E-state index is 0.315. The molecule has 3 nitrogen and oxygen atoms in total. The number of hydrogen-bond donors (Lipinski definition) is 1. The van der Waals surface area contributed by atoms with E-state index in [-0.39, 0.29) is 0 Å². The van der Waals surface area contributed by atoms with Gasteiger partial charge in [-0.1, -0.05) is 32.6 Å². The molecule has 1 aliphatic heterocycles. The average molecular weight is 296 g/mol. The van der Waals surface area contributed by atoms with Crippen LogP contribution in [-0.2, 0) is 0 Å². The number of hydrogen-bond acceptors (Lipinski definition) is 3. The summed E-state index contributed by atoms with van der Waals surface area (Å²) in [6.07, 6.45) is 9.71. The number of rotatable bonds is 4. The second-order valence-corrected chi connectivity index (χ2v) is 7.82. The average Bonchev–Trinajstić information content (AvgIpc) is 2.41. The fourth-order valence-corrected chi connectivity index (χ4v) is 4.03. The van der Waals surface area contributed by atoms with Crippen molar-refractivity contribution >= 4 is 0 Å². The van der Waals surface area contributed by atoms with Gasteiger partial charge in [-0.3, -0.25) is 9.80 Å². The second-order valence-electron chi connectivity index (χ2n) is 7.82. The van der Waals surface area contributed by atoms with Crippen LogP contribution >= 0.6 is 0 Å². The van der Waals surface area contributed by atoms with Crippen molar-refractivity contribution in [2.75, 3.05) is 33.2 Å². The van der Waals surface area contributed by atoms with E-state index >= 15 is 0 Å². The Morgan fingerprint density at radius 2 is 1.76 bits per heavy atom. The van der Waals surface area contributed by atoms with Gasteiger partial charge in [-0.2, -0.15) is 0 Å². The summed E-state index contributed by atoms with van der Waals surface area (Å²) in [6.45, 7) is 11.9. The highest BCUT2D eigenvalue weighted by Gasteiger charge is 2.36.